The van der Waals surface area contributed by atoms with E-state index in [2.05, 4.69) is 36.3 Å². The first-order valence-corrected chi connectivity index (χ1v) is 11.5. The van der Waals surface area contributed by atoms with E-state index in [1.165, 1.54) is 6.42 Å². The van der Waals surface area contributed by atoms with Gasteiger partial charge in [0.25, 0.3) is 5.91 Å². The Hall–Kier alpha value is -2.04. The fourth-order valence-corrected chi connectivity index (χ4v) is 3.83. The van der Waals surface area contributed by atoms with Crippen LogP contribution in [0.1, 0.15) is 89.4 Å². The maximum absolute atomic E-state index is 13.0. The van der Waals surface area contributed by atoms with Gasteiger partial charge in [0.1, 0.15) is 0 Å². The first-order chi connectivity index (χ1) is 14.0. The molecule has 5 heteroatoms. The van der Waals surface area contributed by atoms with Gasteiger partial charge in [-0.05, 0) is 63.6 Å². The molecule has 5 nitrogen and oxygen atoms in total. The van der Waals surface area contributed by atoms with E-state index in [0.29, 0.717) is 11.3 Å². The second-order valence-corrected chi connectivity index (χ2v) is 8.30. The van der Waals surface area contributed by atoms with E-state index in [1.54, 1.807) is 0 Å². The zero-order chi connectivity index (χ0) is 21.2. The summed E-state index contributed by atoms with van der Waals surface area (Å²) < 4.78 is 0. The molecule has 0 unspecified atom stereocenters. The Labute approximate surface area is 176 Å². The van der Waals surface area contributed by atoms with Crippen LogP contribution in [-0.4, -0.2) is 30.9 Å². The average molecular weight is 402 g/mol. The highest BCUT2D eigenvalue weighted by atomic mass is 16.2. The number of hydrogen-bond acceptors (Lipinski definition) is 3. The summed E-state index contributed by atoms with van der Waals surface area (Å²) in [5.74, 6) is 0.0168. The number of unbranched alkanes of at least 4 members (excludes halogenated alkanes) is 1. The number of amides is 2. The Kier molecular flexibility index (Phi) is 9.49. The van der Waals surface area contributed by atoms with Crippen LogP contribution < -0.4 is 15.5 Å². The second-order valence-electron chi connectivity index (χ2n) is 8.30. The zero-order valence-electron chi connectivity index (χ0n) is 18.7. The van der Waals surface area contributed by atoms with Crippen LogP contribution in [0, 0.1) is 5.92 Å². The molecule has 1 aromatic rings. The minimum absolute atomic E-state index is 0.0223. The van der Waals surface area contributed by atoms with Crippen LogP contribution in [0.4, 0.5) is 11.4 Å². The molecule has 1 aliphatic heterocycles. The Morgan fingerprint density at radius 2 is 1.79 bits per heavy atom. The summed E-state index contributed by atoms with van der Waals surface area (Å²) in [6.07, 6.45) is 8.33. The Morgan fingerprint density at radius 1 is 1.07 bits per heavy atom. The lowest BCUT2D eigenvalue weighted by atomic mass is 9.98. The number of hydrogen-bond donors (Lipinski definition) is 2. The van der Waals surface area contributed by atoms with Gasteiger partial charge in [0.2, 0.25) is 5.91 Å². The normalized spacial score (nSPS) is 16.2. The van der Waals surface area contributed by atoms with E-state index in [1.807, 2.05) is 25.1 Å². The van der Waals surface area contributed by atoms with Crippen molar-refractivity contribution in [2.75, 3.05) is 23.3 Å². The number of rotatable bonds is 10. The molecule has 0 bridgehead atoms. The zero-order valence-corrected chi connectivity index (χ0v) is 18.7. The van der Waals surface area contributed by atoms with Gasteiger partial charge in [-0.3, -0.25) is 9.59 Å². The summed E-state index contributed by atoms with van der Waals surface area (Å²) in [5.41, 5.74) is 2.34. The number of anilines is 2. The van der Waals surface area contributed by atoms with Crippen LogP contribution in [0.5, 0.6) is 0 Å². The van der Waals surface area contributed by atoms with Crippen molar-refractivity contribution in [3.8, 4) is 0 Å². The van der Waals surface area contributed by atoms with Crippen LogP contribution in [0.25, 0.3) is 0 Å². The van der Waals surface area contributed by atoms with Gasteiger partial charge in [0.15, 0.2) is 0 Å². The van der Waals surface area contributed by atoms with Crippen molar-refractivity contribution in [3.05, 3.63) is 23.8 Å². The molecule has 1 aliphatic rings. The molecule has 2 rings (SSSR count). The van der Waals surface area contributed by atoms with Gasteiger partial charge in [0, 0.05) is 36.4 Å². The van der Waals surface area contributed by atoms with E-state index in [4.69, 9.17) is 0 Å². The number of nitrogens with one attached hydrogen (secondary N) is 2. The van der Waals surface area contributed by atoms with E-state index < -0.39 is 0 Å². The molecule has 162 valence electrons. The minimum Gasteiger partial charge on any atom is -0.371 e. The Balaban J connectivity index is 2.24. The van der Waals surface area contributed by atoms with E-state index in [-0.39, 0.29) is 23.8 Å². The third kappa shape index (κ3) is 6.76. The highest BCUT2D eigenvalue weighted by Crippen LogP contribution is 2.28. The summed E-state index contributed by atoms with van der Waals surface area (Å²) in [6.45, 7) is 10.2. The van der Waals surface area contributed by atoms with Gasteiger partial charge in [0.05, 0.1) is 5.56 Å². The average Bonchev–Trinajstić information content (AvgIpc) is 2.74. The van der Waals surface area contributed by atoms with Crippen molar-refractivity contribution >= 4 is 23.2 Å². The second kappa shape index (κ2) is 11.8. The van der Waals surface area contributed by atoms with Gasteiger partial charge in [-0.2, -0.15) is 0 Å². The molecule has 1 aromatic carbocycles. The number of piperidine rings is 1. The summed E-state index contributed by atoms with van der Waals surface area (Å²) in [5, 5.41) is 6.15. The summed E-state index contributed by atoms with van der Waals surface area (Å²) in [7, 11) is 0. The third-order valence-electron chi connectivity index (χ3n) is 5.97. The largest absolute Gasteiger partial charge is 0.371 e. The van der Waals surface area contributed by atoms with Crippen molar-refractivity contribution in [1.29, 1.82) is 0 Å². The van der Waals surface area contributed by atoms with Crippen LogP contribution >= 0.6 is 0 Å². The molecule has 29 heavy (non-hydrogen) atoms. The van der Waals surface area contributed by atoms with Gasteiger partial charge in [-0.1, -0.05) is 33.6 Å². The fourth-order valence-electron chi connectivity index (χ4n) is 3.83. The molecule has 2 amide bonds. The third-order valence-corrected chi connectivity index (χ3v) is 5.97. The highest BCUT2D eigenvalue weighted by Gasteiger charge is 2.21. The molecular formula is C24H39N3O2. The monoisotopic (exact) mass is 401 g/mol. The summed E-state index contributed by atoms with van der Waals surface area (Å²) in [6, 6.07) is 5.91. The van der Waals surface area contributed by atoms with Crippen molar-refractivity contribution in [2.24, 2.45) is 5.92 Å². The quantitative estimate of drug-likeness (QED) is 0.555. The van der Waals surface area contributed by atoms with E-state index in [0.717, 1.165) is 63.7 Å². The predicted octanol–water partition coefficient (Wildman–Crippen LogP) is 5.36. The molecule has 1 saturated heterocycles. The number of nitrogens with zero attached hydrogens (tertiary/aromatic N) is 1. The maximum atomic E-state index is 13.0. The highest BCUT2D eigenvalue weighted by molar-refractivity contribution is 6.02. The Morgan fingerprint density at radius 3 is 2.41 bits per heavy atom. The molecule has 0 radical (unpaired) electrons. The lowest BCUT2D eigenvalue weighted by molar-refractivity contribution is -0.120. The molecule has 0 saturated carbocycles. The van der Waals surface area contributed by atoms with Gasteiger partial charge in [-0.25, -0.2) is 0 Å². The van der Waals surface area contributed by atoms with Crippen LogP contribution in [-0.2, 0) is 4.79 Å². The minimum atomic E-state index is -0.0611. The fraction of sp³-hybridized carbons (Fsp3) is 0.667. The Bertz CT molecular complexity index is 668. The van der Waals surface area contributed by atoms with Crippen LogP contribution in [0.3, 0.4) is 0 Å². The van der Waals surface area contributed by atoms with Gasteiger partial charge < -0.3 is 15.5 Å². The van der Waals surface area contributed by atoms with Crippen LogP contribution in [0.2, 0.25) is 0 Å². The smallest absolute Gasteiger partial charge is 0.253 e. The van der Waals surface area contributed by atoms with Crippen molar-refractivity contribution in [2.45, 2.75) is 85.1 Å². The molecule has 2 N–H and O–H groups in total. The molecule has 0 aromatic heterocycles. The molecule has 1 fully saturated rings. The topological polar surface area (TPSA) is 61.4 Å². The molecule has 0 aliphatic carbocycles. The first kappa shape index (κ1) is 23.2. The number of benzene rings is 1. The molecule has 1 heterocycles. The van der Waals surface area contributed by atoms with E-state index >= 15 is 0 Å². The summed E-state index contributed by atoms with van der Waals surface area (Å²) in [4.78, 5) is 28.0. The van der Waals surface area contributed by atoms with Crippen molar-refractivity contribution < 1.29 is 9.59 Å². The van der Waals surface area contributed by atoms with Crippen LogP contribution in [0.15, 0.2) is 18.2 Å². The number of carbonyl (C=O) groups is 2. The van der Waals surface area contributed by atoms with Gasteiger partial charge in [-0.15, -0.1) is 0 Å². The molecule has 2 atom stereocenters. The van der Waals surface area contributed by atoms with Crippen molar-refractivity contribution in [3.63, 3.8) is 0 Å². The van der Waals surface area contributed by atoms with E-state index in [9.17, 15) is 9.59 Å². The first-order valence-electron chi connectivity index (χ1n) is 11.5. The molecule has 0 spiro atoms. The SMILES string of the molecule is CCCC[C@H](CC)C(=O)Nc1ccc(N2CCCCC2)c(C(=O)N[C@H](C)CC)c1. The lowest BCUT2D eigenvalue weighted by Gasteiger charge is -2.31. The van der Waals surface area contributed by atoms with Gasteiger partial charge >= 0.3 is 0 Å². The summed E-state index contributed by atoms with van der Waals surface area (Å²) >= 11 is 0. The molecular weight excluding hydrogens is 362 g/mol. The van der Waals surface area contributed by atoms with Crippen molar-refractivity contribution in [1.82, 2.24) is 5.32 Å². The maximum Gasteiger partial charge on any atom is 0.253 e. The lowest BCUT2D eigenvalue weighted by Crippen LogP contribution is -2.35. The predicted molar refractivity (Wildman–Crippen MR) is 122 cm³/mol. The number of carbonyl (C=O) groups excluding carboxylic acids is 2. The standard InChI is InChI=1S/C24H39N3O2/c1-5-8-12-19(7-3)23(28)26-20-13-14-22(27-15-10-9-11-16-27)21(17-20)24(29)25-18(4)6-2/h13-14,17-19H,5-12,15-16H2,1-4H3,(H,25,29)(H,26,28)/t18-,19+/m1/s1.